The highest BCUT2D eigenvalue weighted by Gasteiger charge is 2.35. The third-order valence-corrected chi connectivity index (χ3v) is 4.90. The second-order valence-corrected chi connectivity index (χ2v) is 6.17. The number of benzene rings is 1. The minimum Gasteiger partial charge on any atom is -0.377 e. The molecule has 1 aliphatic heterocycles. The first kappa shape index (κ1) is 15.7. The monoisotopic (exact) mass is 305 g/mol. The van der Waals surface area contributed by atoms with Crippen LogP contribution in [0.1, 0.15) is 24.5 Å². The van der Waals surface area contributed by atoms with Gasteiger partial charge in [0.2, 0.25) is 0 Å². The van der Waals surface area contributed by atoms with Crippen molar-refractivity contribution in [2.45, 2.75) is 42.2 Å². The van der Waals surface area contributed by atoms with E-state index in [9.17, 15) is 13.2 Å². The van der Waals surface area contributed by atoms with Gasteiger partial charge in [-0.3, -0.25) is 0 Å². The van der Waals surface area contributed by atoms with Gasteiger partial charge in [-0.1, -0.05) is 6.07 Å². The predicted molar refractivity (Wildman–Crippen MR) is 73.9 cm³/mol. The molecule has 0 aliphatic carbocycles. The summed E-state index contributed by atoms with van der Waals surface area (Å²) in [5.74, 6) is 0. The molecule has 1 aromatic carbocycles. The van der Waals surface area contributed by atoms with Crippen LogP contribution in [-0.2, 0) is 17.3 Å². The van der Waals surface area contributed by atoms with Crippen molar-refractivity contribution in [3.05, 3.63) is 29.3 Å². The molecule has 0 spiro atoms. The molecule has 1 aromatic rings. The predicted octanol–water partition coefficient (Wildman–Crippen LogP) is 3.48. The Labute approximate surface area is 120 Å². The van der Waals surface area contributed by atoms with Gasteiger partial charge in [-0.2, -0.15) is 13.2 Å². The summed E-state index contributed by atoms with van der Waals surface area (Å²) in [6.07, 6.45) is -3.11. The quantitative estimate of drug-likeness (QED) is 0.925. The number of nitrogens with two attached hydrogens (primary N) is 1. The Balaban J connectivity index is 2.26. The zero-order chi connectivity index (χ0) is 14.8. The van der Waals surface area contributed by atoms with Crippen LogP contribution in [0.5, 0.6) is 0 Å². The number of rotatable bonds is 4. The van der Waals surface area contributed by atoms with Crippen molar-refractivity contribution in [2.75, 3.05) is 13.2 Å². The summed E-state index contributed by atoms with van der Waals surface area (Å²) < 4.78 is 44.9. The Bertz CT molecular complexity index is 464. The van der Waals surface area contributed by atoms with Crippen molar-refractivity contribution < 1.29 is 17.9 Å². The second-order valence-electron chi connectivity index (χ2n) is 4.89. The Morgan fingerprint density at radius 3 is 2.70 bits per heavy atom. The molecule has 0 saturated carbocycles. The number of hydrogen-bond acceptors (Lipinski definition) is 3. The molecule has 0 bridgehead atoms. The maximum Gasteiger partial charge on any atom is 0.417 e. The van der Waals surface area contributed by atoms with Crippen LogP contribution in [0.3, 0.4) is 0 Å². The summed E-state index contributed by atoms with van der Waals surface area (Å²) in [5.41, 5.74) is 5.47. The number of ether oxygens (including phenoxy) is 1. The molecular weight excluding hydrogens is 287 g/mol. The summed E-state index contributed by atoms with van der Waals surface area (Å²) in [5, 5.41) is 0.0801. The van der Waals surface area contributed by atoms with Gasteiger partial charge in [0, 0.05) is 16.8 Å². The maximum atomic E-state index is 13.2. The van der Waals surface area contributed by atoms with Crippen LogP contribution < -0.4 is 5.73 Å². The van der Waals surface area contributed by atoms with Gasteiger partial charge < -0.3 is 10.5 Å². The first-order chi connectivity index (χ1) is 9.41. The Morgan fingerprint density at radius 1 is 1.40 bits per heavy atom. The Kier molecular flexibility index (Phi) is 4.99. The molecule has 1 aliphatic rings. The Hall–Kier alpha value is -0.720. The first-order valence-corrected chi connectivity index (χ1v) is 7.48. The summed E-state index contributed by atoms with van der Waals surface area (Å²) >= 11 is 1.26. The topological polar surface area (TPSA) is 35.2 Å². The van der Waals surface area contributed by atoms with Crippen LogP contribution in [0.4, 0.5) is 13.2 Å². The van der Waals surface area contributed by atoms with Crippen LogP contribution in [0.25, 0.3) is 0 Å². The highest BCUT2D eigenvalue weighted by atomic mass is 32.2. The highest BCUT2D eigenvalue weighted by Crippen LogP contribution is 2.41. The van der Waals surface area contributed by atoms with Gasteiger partial charge in [0.05, 0.1) is 11.7 Å². The van der Waals surface area contributed by atoms with Crippen molar-refractivity contribution in [3.8, 4) is 0 Å². The average molecular weight is 305 g/mol. The summed E-state index contributed by atoms with van der Waals surface area (Å²) in [6, 6.07) is 4.50. The molecule has 2 unspecified atom stereocenters. The molecule has 0 radical (unpaired) electrons. The second kappa shape index (κ2) is 6.37. The molecule has 1 fully saturated rings. The van der Waals surface area contributed by atoms with Gasteiger partial charge in [-0.05, 0) is 44.0 Å². The van der Waals surface area contributed by atoms with Gasteiger partial charge in [-0.25, -0.2) is 0 Å². The van der Waals surface area contributed by atoms with E-state index in [-0.39, 0.29) is 16.2 Å². The van der Waals surface area contributed by atoms with Gasteiger partial charge in [-0.15, -0.1) is 11.8 Å². The molecule has 6 heteroatoms. The normalized spacial score (nSPS) is 23.2. The lowest BCUT2D eigenvalue weighted by Gasteiger charge is -2.18. The lowest BCUT2D eigenvalue weighted by molar-refractivity contribution is -0.139. The van der Waals surface area contributed by atoms with Gasteiger partial charge in [0.1, 0.15) is 0 Å². The lowest BCUT2D eigenvalue weighted by Crippen LogP contribution is -2.15. The molecule has 2 atom stereocenters. The van der Waals surface area contributed by atoms with Crippen molar-refractivity contribution in [1.29, 1.82) is 0 Å². The largest absolute Gasteiger partial charge is 0.417 e. The van der Waals surface area contributed by atoms with Crippen molar-refractivity contribution in [2.24, 2.45) is 5.73 Å². The fourth-order valence-corrected chi connectivity index (χ4v) is 3.51. The standard InChI is InChI=1S/C14H18F3NOS/c1-9-12(5-7-19-9)20-13-3-2-10(4-6-18)8-11(13)14(15,16)17/h2-3,8-9,12H,4-7,18H2,1H3. The molecule has 112 valence electrons. The first-order valence-electron chi connectivity index (χ1n) is 6.60. The van der Waals surface area contributed by atoms with E-state index in [0.29, 0.717) is 25.1 Å². The minimum atomic E-state index is -4.34. The van der Waals surface area contributed by atoms with E-state index in [0.717, 1.165) is 6.42 Å². The van der Waals surface area contributed by atoms with E-state index < -0.39 is 11.7 Å². The van der Waals surface area contributed by atoms with Gasteiger partial charge in [0.25, 0.3) is 0 Å². The van der Waals surface area contributed by atoms with E-state index >= 15 is 0 Å². The van der Waals surface area contributed by atoms with Crippen LogP contribution in [0.15, 0.2) is 23.1 Å². The fourth-order valence-electron chi connectivity index (χ4n) is 2.25. The maximum absolute atomic E-state index is 13.2. The number of hydrogen-bond donors (Lipinski definition) is 1. The zero-order valence-corrected chi connectivity index (χ0v) is 12.1. The number of halogens is 3. The molecule has 2 N–H and O–H groups in total. The van der Waals surface area contributed by atoms with Gasteiger partial charge in [0.15, 0.2) is 0 Å². The third-order valence-electron chi connectivity index (χ3n) is 3.37. The molecule has 2 rings (SSSR count). The molecule has 1 heterocycles. The smallest absolute Gasteiger partial charge is 0.377 e. The number of thioether (sulfide) groups is 1. The highest BCUT2D eigenvalue weighted by molar-refractivity contribution is 8.00. The van der Waals surface area contributed by atoms with E-state index in [1.54, 1.807) is 12.1 Å². The van der Waals surface area contributed by atoms with E-state index in [1.165, 1.54) is 17.8 Å². The van der Waals surface area contributed by atoms with E-state index in [1.807, 2.05) is 6.92 Å². The van der Waals surface area contributed by atoms with Crippen LogP contribution in [0.2, 0.25) is 0 Å². The minimum absolute atomic E-state index is 0.00944. The zero-order valence-electron chi connectivity index (χ0n) is 11.2. The van der Waals surface area contributed by atoms with Crippen LogP contribution in [-0.4, -0.2) is 24.5 Å². The van der Waals surface area contributed by atoms with Crippen molar-refractivity contribution in [3.63, 3.8) is 0 Å². The molecule has 20 heavy (non-hydrogen) atoms. The summed E-state index contributed by atoms with van der Waals surface area (Å²) in [7, 11) is 0. The van der Waals surface area contributed by atoms with Crippen molar-refractivity contribution >= 4 is 11.8 Å². The SMILES string of the molecule is CC1OCCC1Sc1ccc(CCN)cc1C(F)(F)F. The average Bonchev–Trinajstić information content (AvgIpc) is 2.76. The van der Waals surface area contributed by atoms with Crippen LogP contribution >= 0.6 is 11.8 Å². The third kappa shape index (κ3) is 3.68. The molecule has 1 saturated heterocycles. The van der Waals surface area contributed by atoms with E-state index in [2.05, 4.69) is 0 Å². The van der Waals surface area contributed by atoms with Crippen LogP contribution in [0, 0.1) is 0 Å². The molecular formula is C14H18F3NOS. The molecule has 2 nitrogen and oxygen atoms in total. The summed E-state index contributed by atoms with van der Waals surface area (Å²) in [6.45, 7) is 2.86. The van der Waals surface area contributed by atoms with E-state index in [4.69, 9.17) is 10.5 Å². The summed E-state index contributed by atoms with van der Waals surface area (Å²) in [4.78, 5) is 0.278. The Morgan fingerprint density at radius 2 is 2.15 bits per heavy atom. The van der Waals surface area contributed by atoms with Gasteiger partial charge >= 0.3 is 6.18 Å². The molecule has 0 aromatic heterocycles. The number of alkyl halides is 3. The van der Waals surface area contributed by atoms with Crippen molar-refractivity contribution in [1.82, 2.24) is 0 Å². The molecule has 0 amide bonds. The lowest BCUT2D eigenvalue weighted by atomic mass is 10.1. The fraction of sp³-hybridized carbons (Fsp3) is 0.571.